The molecule has 1 unspecified atom stereocenters. The lowest BCUT2D eigenvalue weighted by Gasteiger charge is -2.26. The Bertz CT molecular complexity index is 507. The number of aromatic nitrogens is 1. The van der Waals surface area contributed by atoms with Gasteiger partial charge in [-0.1, -0.05) is 6.92 Å². The van der Waals surface area contributed by atoms with Crippen LogP contribution in [-0.4, -0.2) is 42.8 Å². The molecule has 6 nitrogen and oxygen atoms in total. The SMILES string of the molecule is CCC(CSC)N(C)S(=O)(=O)c1ccnc(NN)c1. The van der Waals surface area contributed by atoms with Crippen LogP contribution in [-0.2, 0) is 10.0 Å². The van der Waals surface area contributed by atoms with Gasteiger partial charge >= 0.3 is 0 Å². The van der Waals surface area contributed by atoms with E-state index in [4.69, 9.17) is 5.84 Å². The highest BCUT2D eigenvalue weighted by Gasteiger charge is 2.27. The standard InChI is InChI=1S/C11H20N4O2S2/c1-4-9(8-18-3)15(2)19(16,17)10-5-6-13-11(7-10)14-12/h5-7,9H,4,8,12H2,1-3H3,(H,13,14). The van der Waals surface area contributed by atoms with E-state index >= 15 is 0 Å². The first kappa shape index (κ1) is 16.2. The van der Waals surface area contributed by atoms with E-state index in [0.29, 0.717) is 5.82 Å². The van der Waals surface area contributed by atoms with Crippen molar-refractivity contribution in [2.45, 2.75) is 24.3 Å². The Morgan fingerprint density at radius 2 is 2.26 bits per heavy atom. The Morgan fingerprint density at radius 3 is 2.79 bits per heavy atom. The highest BCUT2D eigenvalue weighted by Crippen LogP contribution is 2.20. The van der Waals surface area contributed by atoms with Gasteiger partial charge in [0.1, 0.15) is 5.82 Å². The number of sulfonamides is 1. The summed E-state index contributed by atoms with van der Waals surface area (Å²) in [6.45, 7) is 1.98. The van der Waals surface area contributed by atoms with Gasteiger partial charge in [0.05, 0.1) is 4.90 Å². The Morgan fingerprint density at radius 1 is 1.58 bits per heavy atom. The average molecular weight is 304 g/mol. The van der Waals surface area contributed by atoms with Crippen LogP contribution in [0.5, 0.6) is 0 Å². The summed E-state index contributed by atoms with van der Waals surface area (Å²) in [5, 5.41) is 0. The number of nitrogens with zero attached hydrogens (tertiary/aromatic N) is 2. The molecule has 108 valence electrons. The summed E-state index contributed by atoms with van der Waals surface area (Å²) in [4.78, 5) is 4.10. The number of anilines is 1. The molecule has 0 bridgehead atoms. The molecule has 0 aliphatic carbocycles. The molecule has 1 aromatic rings. The van der Waals surface area contributed by atoms with E-state index < -0.39 is 10.0 Å². The zero-order chi connectivity index (χ0) is 14.5. The molecule has 0 spiro atoms. The molecule has 0 amide bonds. The number of nitrogens with two attached hydrogens (primary N) is 1. The van der Waals surface area contributed by atoms with Crippen LogP contribution in [0.2, 0.25) is 0 Å². The second kappa shape index (κ2) is 7.09. The van der Waals surface area contributed by atoms with Crippen molar-refractivity contribution in [2.75, 3.05) is 24.5 Å². The maximum Gasteiger partial charge on any atom is 0.243 e. The molecule has 1 rings (SSSR count). The fraction of sp³-hybridized carbons (Fsp3) is 0.545. The van der Waals surface area contributed by atoms with Crippen molar-refractivity contribution in [3.63, 3.8) is 0 Å². The van der Waals surface area contributed by atoms with E-state index in [1.165, 1.54) is 22.6 Å². The summed E-state index contributed by atoms with van der Waals surface area (Å²) in [7, 11) is -1.91. The molecule has 0 fully saturated rings. The quantitative estimate of drug-likeness (QED) is 0.580. The van der Waals surface area contributed by atoms with E-state index in [1.807, 2.05) is 13.2 Å². The fourth-order valence-corrected chi connectivity index (χ4v) is 4.07. The maximum atomic E-state index is 12.5. The number of rotatable bonds is 7. The molecular formula is C11H20N4O2S2. The van der Waals surface area contributed by atoms with Crippen LogP contribution in [0.1, 0.15) is 13.3 Å². The Balaban J connectivity index is 3.07. The van der Waals surface area contributed by atoms with Crippen LogP contribution in [0, 0.1) is 0 Å². The zero-order valence-electron chi connectivity index (χ0n) is 11.3. The second-order valence-electron chi connectivity index (χ2n) is 4.06. The van der Waals surface area contributed by atoms with Crippen LogP contribution >= 0.6 is 11.8 Å². The number of hydrogen-bond acceptors (Lipinski definition) is 6. The maximum absolute atomic E-state index is 12.5. The minimum Gasteiger partial charge on any atom is -0.308 e. The van der Waals surface area contributed by atoms with Gasteiger partial charge in [-0.3, -0.25) is 0 Å². The summed E-state index contributed by atoms with van der Waals surface area (Å²) in [5.74, 6) is 6.34. The highest BCUT2D eigenvalue weighted by atomic mass is 32.2. The van der Waals surface area contributed by atoms with Gasteiger partial charge in [-0.15, -0.1) is 0 Å². The first-order valence-electron chi connectivity index (χ1n) is 5.87. The zero-order valence-corrected chi connectivity index (χ0v) is 13.0. The van der Waals surface area contributed by atoms with Crippen molar-refractivity contribution in [3.05, 3.63) is 18.3 Å². The number of nitrogens with one attached hydrogen (secondary N) is 1. The molecule has 0 aliphatic rings. The number of hydrazine groups is 1. The van der Waals surface area contributed by atoms with Gasteiger partial charge < -0.3 is 5.43 Å². The highest BCUT2D eigenvalue weighted by molar-refractivity contribution is 7.98. The third-order valence-electron chi connectivity index (χ3n) is 2.90. The van der Waals surface area contributed by atoms with E-state index in [1.54, 1.807) is 18.8 Å². The van der Waals surface area contributed by atoms with Crippen LogP contribution < -0.4 is 11.3 Å². The average Bonchev–Trinajstić information content (AvgIpc) is 2.44. The molecule has 1 aromatic heterocycles. The van der Waals surface area contributed by atoms with E-state index in [0.717, 1.165) is 12.2 Å². The van der Waals surface area contributed by atoms with Gasteiger partial charge in [0.15, 0.2) is 0 Å². The summed E-state index contributed by atoms with van der Waals surface area (Å²) < 4.78 is 26.4. The number of hydrogen-bond donors (Lipinski definition) is 2. The monoisotopic (exact) mass is 304 g/mol. The molecule has 19 heavy (non-hydrogen) atoms. The number of nitrogen functional groups attached to an aromatic ring is 1. The van der Waals surface area contributed by atoms with Gasteiger partial charge in [0.2, 0.25) is 10.0 Å². The van der Waals surface area contributed by atoms with E-state index in [9.17, 15) is 8.42 Å². The Labute approximate surface area is 118 Å². The summed E-state index contributed by atoms with van der Waals surface area (Å²) in [5.41, 5.74) is 2.35. The molecule has 8 heteroatoms. The van der Waals surface area contributed by atoms with Gasteiger partial charge in [-0.2, -0.15) is 16.1 Å². The van der Waals surface area contributed by atoms with Gasteiger partial charge in [0.25, 0.3) is 0 Å². The molecule has 3 N–H and O–H groups in total. The Kier molecular flexibility index (Phi) is 6.05. The lowest BCUT2D eigenvalue weighted by Crippen LogP contribution is -2.38. The molecule has 1 heterocycles. The van der Waals surface area contributed by atoms with E-state index in [-0.39, 0.29) is 10.9 Å². The minimum absolute atomic E-state index is 0.0255. The van der Waals surface area contributed by atoms with Crippen LogP contribution in [0.3, 0.4) is 0 Å². The van der Waals surface area contributed by atoms with Crippen molar-refractivity contribution in [1.29, 1.82) is 0 Å². The topological polar surface area (TPSA) is 88.3 Å². The lowest BCUT2D eigenvalue weighted by atomic mass is 10.3. The normalized spacial score (nSPS) is 13.5. The van der Waals surface area contributed by atoms with Crippen LogP contribution in [0.4, 0.5) is 5.82 Å². The minimum atomic E-state index is -3.52. The second-order valence-corrected chi connectivity index (χ2v) is 6.97. The van der Waals surface area contributed by atoms with Gasteiger partial charge in [-0.05, 0) is 18.7 Å². The largest absolute Gasteiger partial charge is 0.308 e. The first-order valence-corrected chi connectivity index (χ1v) is 8.70. The molecule has 0 radical (unpaired) electrons. The molecule has 0 saturated heterocycles. The molecule has 0 saturated carbocycles. The number of pyridine rings is 1. The molecule has 0 aromatic carbocycles. The smallest absolute Gasteiger partial charge is 0.243 e. The molecule has 0 aliphatic heterocycles. The van der Waals surface area contributed by atoms with Crippen molar-refractivity contribution in [2.24, 2.45) is 5.84 Å². The lowest BCUT2D eigenvalue weighted by molar-refractivity contribution is 0.385. The van der Waals surface area contributed by atoms with Crippen molar-refractivity contribution >= 4 is 27.6 Å². The van der Waals surface area contributed by atoms with Crippen LogP contribution in [0.15, 0.2) is 23.2 Å². The molecular weight excluding hydrogens is 284 g/mol. The predicted octanol–water partition coefficient (Wildman–Crippen LogP) is 1.13. The van der Waals surface area contributed by atoms with Gasteiger partial charge in [-0.25, -0.2) is 19.2 Å². The summed E-state index contributed by atoms with van der Waals surface area (Å²) in [6, 6.07) is 2.87. The van der Waals surface area contributed by atoms with Gasteiger partial charge in [0, 0.05) is 31.1 Å². The van der Waals surface area contributed by atoms with Crippen molar-refractivity contribution < 1.29 is 8.42 Å². The van der Waals surface area contributed by atoms with Crippen molar-refractivity contribution in [1.82, 2.24) is 9.29 Å². The number of thioether (sulfide) groups is 1. The third-order valence-corrected chi connectivity index (χ3v) is 5.52. The third kappa shape index (κ3) is 3.82. The molecule has 1 atom stereocenters. The fourth-order valence-electron chi connectivity index (χ4n) is 1.69. The van der Waals surface area contributed by atoms with Crippen molar-refractivity contribution in [3.8, 4) is 0 Å². The summed E-state index contributed by atoms with van der Waals surface area (Å²) >= 11 is 1.63. The summed E-state index contributed by atoms with van der Waals surface area (Å²) in [6.07, 6.45) is 4.15. The predicted molar refractivity (Wildman–Crippen MR) is 79.5 cm³/mol. The van der Waals surface area contributed by atoms with E-state index in [2.05, 4.69) is 10.4 Å². The first-order chi connectivity index (χ1) is 8.97. The Hall–Kier alpha value is -0.830. The van der Waals surface area contributed by atoms with Crippen LogP contribution in [0.25, 0.3) is 0 Å².